The van der Waals surface area contributed by atoms with E-state index in [1.807, 2.05) is 0 Å². The number of sulfone groups is 1. The van der Waals surface area contributed by atoms with Gasteiger partial charge >= 0.3 is 0 Å². The van der Waals surface area contributed by atoms with Gasteiger partial charge < -0.3 is 4.74 Å². The number of methoxy groups -OCH3 is 1. The first kappa shape index (κ1) is 18.7. The Balaban J connectivity index is 1.81. The van der Waals surface area contributed by atoms with Crippen molar-refractivity contribution in [3.05, 3.63) is 54.1 Å². The number of halogens is 2. The van der Waals surface area contributed by atoms with Gasteiger partial charge in [-0.05, 0) is 36.4 Å². The first-order chi connectivity index (χ1) is 12.2. The van der Waals surface area contributed by atoms with Crippen LogP contribution < -0.4 is 4.74 Å². The number of hydrogen-bond acceptors (Lipinski definition) is 5. The lowest BCUT2D eigenvalue weighted by atomic mass is 10.3. The minimum absolute atomic E-state index is 0.0254. The maximum absolute atomic E-state index is 13.8. The lowest BCUT2D eigenvalue weighted by Gasteiger charge is -2.37. The van der Waals surface area contributed by atoms with E-state index in [-0.39, 0.29) is 18.0 Å². The van der Waals surface area contributed by atoms with Crippen LogP contribution in [-0.2, 0) is 19.9 Å². The Morgan fingerprint density at radius 2 is 1.50 bits per heavy atom. The summed E-state index contributed by atoms with van der Waals surface area (Å²) in [5.41, 5.74) is 0. The summed E-state index contributed by atoms with van der Waals surface area (Å²) in [7, 11) is -6.78. The second-order valence-electron chi connectivity index (χ2n) is 5.72. The van der Waals surface area contributed by atoms with E-state index in [2.05, 4.69) is 0 Å². The van der Waals surface area contributed by atoms with Crippen molar-refractivity contribution in [2.24, 2.45) is 0 Å². The van der Waals surface area contributed by atoms with Crippen molar-refractivity contribution >= 4 is 19.9 Å². The molecule has 2 aromatic rings. The Bertz CT molecular complexity index is 1010. The Morgan fingerprint density at radius 3 is 2.00 bits per heavy atom. The molecule has 0 spiro atoms. The van der Waals surface area contributed by atoms with E-state index in [9.17, 15) is 25.6 Å². The topological polar surface area (TPSA) is 80.8 Å². The molecule has 140 valence electrons. The maximum atomic E-state index is 13.8. The lowest BCUT2D eigenvalue weighted by Crippen LogP contribution is -2.56. The van der Waals surface area contributed by atoms with Gasteiger partial charge in [0, 0.05) is 13.1 Å². The number of sulfonamides is 1. The summed E-state index contributed by atoms with van der Waals surface area (Å²) in [6, 6.07) is 8.41. The first-order valence-corrected chi connectivity index (χ1v) is 10.5. The SMILES string of the molecule is COc1ccc(S(=O)(=O)C2CN(S(=O)(=O)c3c(F)cccc3F)C2)cc1. The van der Waals surface area contributed by atoms with Gasteiger partial charge in [-0.1, -0.05) is 6.07 Å². The maximum Gasteiger partial charge on any atom is 0.249 e. The van der Waals surface area contributed by atoms with Crippen molar-refractivity contribution in [1.29, 1.82) is 0 Å². The molecule has 3 rings (SSSR count). The molecule has 2 aromatic carbocycles. The van der Waals surface area contributed by atoms with E-state index in [1.54, 1.807) is 0 Å². The smallest absolute Gasteiger partial charge is 0.249 e. The van der Waals surface area contributed by atoms with Gasteiger partial charge in [-0.2, -0.15) is 4.31 Å². The van der Waals surface area contributed by atoms with Crippen LogP contribution in [-0.4, -0.2) is 46.6 Å². The molecule has 1 aliphatic rings. The standard InChI is InChI=1S/C16H15F2NO5S2/c1-24-11-5-7-12(8-6-11)25(20,21)13-9-19(10-13)26(22,23)16-14(17)3-2-4-15(16)18/h2-8,13H,9-10H2,1H3. The van der Waals surface area contributed by atoms with Gasteiger partial charge in [-0.15, -0.1) is 0 Å². The minimum atomic E-state index is -4.45. The van der Waals surface area contributed by atoms with Gasteiger partial charge in [0.1, 0.15) is 17.4 Å². The molecule has 6 nitrogen and oxygen atoms in total. The third-order valence-corrected chi connectivity index (χ3v) is 8.15. The van der Waals surface area contributed by atoms with Gasteiger partial charge in [0.2, 0.25) is 10.0 Å². The van der Waals surface area contributed by atoms with Crippen LogP contribution in [0.4, 0.5) is 8.78 Å². The Kier molecular flexibility index (Phi) is 4.76. The van der Waals surface area contributed by atoms with Crippen LogP contribution in [0.3, 0.4) is 0 Å². The summed E-state index contributed by atoms with van der Waals surface area (Å²) < 4.78 is 83.1. The average molecular weight is 403 g/mol. The van der Waals surface area contributed by atoms with Crippen molar-refractivity contribution in [3.63, 3.8) is 0 Å². The summed E-state index contributed by atoms with van der Waals surface area (Å²) in [5.74, 6) is -1.95. The highest BCUT2D eigenvalue weighted by atomic mass is 32.2. The van der Waals surface area contributed by atoms with Crippen LogP contribution in [0.1, 0.15) is 0 Å². The molecule has 0 saturated carbocycles. The molecule has 0 radical (unpaired) electrons. The third kappa shape index (κ3) is 3.08. The molecule has 0 N–H and O–H groups in total. The van der Waals surface area contributed by atoms with Crippen molar-refractivity contribution in [1.82, 2.24) is 4.31 Å². The number of nitrogens with zero attached hydrogens (tertiary/aromatic N) is 1. The molecule has 0 bridgehead atoms. The number of ether oxygens (including phenoxy) is 1. The minimum Gasteiger partial charge on any atom is -0.497 e. The molecule has 10 heteroatoms. The second-order valence-corrected chi connectivity index (χ2v) is 9.82. The van der Waals surface area contributed by atoms with Crippen molar-refractivity contribution in [2.75, 3.05) is 20.2 Å². The molecule has 1 aliphatic heterocycles. The predicted octanol–water partition coefficient (Wildman–Crippen LogP) is 1.82. The highest BCUT2D eigenvalue weighted by molar-refractivity contribution is 7.92. The summed E-state index contributed by atoms with van der Waals surface area (Å²) >= 11 is 0. The lowest BCUT2D eigenvalue weighted by molar-refractivity contribution is 0.306. The van der Waals surface area contributed by atoms with E-state index in [0.29, 0.717) is 5.75 Å². The van der Waals surface area contributed by atoms with Gasteiger partial charge in [-0.25, -0.2) is 25.6 Å². The molecular weight excluding hydrogens is 388 g/mol. The normalized spacial score (nSPS) is 16.3. The number of hydrogen-bond donors (Lipinski definition) is 0. The molecule has 26 heavy (non-hydrogen) atoms. The monoisotopic (exact) mass is 403 g/mol. The average Bonchev–Trinajstić information content (AvgIpc) is 2.52. The van der Waals surface area contributed by atoms with Gasteiger partial charge in [-0.3, -0.25) is 0 Å². The van der Waals surface area contributed by atoms with Crippen molar-refractivity contribution < 1.29 is 30.4 Å². The molecule has 0 atom stereocenters. The predicted molar refractivity (Wildman–Crippen MR) is 89.1 cm³/mol. The fraction of sp³-hybridized carbons (Fsp3) is 0.250. The van der Waals surface area contributed by atoms with Crippen molar-refractivity contribution in [2.45, 2.75) is 15.0 Å². The molecular formula is C16H15F2NO5S2. The zero-order valence-corrected chi connectivity index (χ0v) is 15.2. The van der Waals surface area contributed by atoms with Gasteiger partial charge in [0.05, 0.1) is 17.3 Å². The van der Waals surface area contributed by atoms with Crippen LogP contribution in [0.5, 0.6) is 5.75 Å². The third-order valence-electron chi connectivity index (χ3n) is 4.16. The van der Waals surface area contributed by atoms with E-state index in [0.717, 1.165) is 22.5 Å². The largest absolute Gasteiger partial charge is 0.497 e. The van der Waals surface area contributed by atoms with Crippen LogP contribution in [0.25, 0.3) is 0 Å². The molecule has 1 saturated heterocycles. The molecule has 0 amide bonds. The summed E-state index contributed by atoms with van der Waals surface area (Å²) in [6.07, 6.45) is 0. The summed E-state index contributed by atoms with van der Waals surface area (Å²) in [4.78, 5) is -1.04. The van der Waals surface area contributed by atoms with Crippen LogP contribution in [0.2, 0.25) is 0 Å². The molecule has 1 fully saturated rings. The van der Waals surface area contributed by atoms with E-state index in [1.165, 1.54) is 31.4 Å². The number of benzene rings is 2. The molecule has 0 aliphatic carbocycles. The summed E-state index contributed by atoms with van der Waals surface area (Å²) in [6.45, 7) is -0.741. The zero-order valence-electron chi connectivity index (χ0n) is 13.6. The second kappa shape index (κ2) is 6.60. The van der Waals surface area contributed by atoms with E-state index < -0.39 is 41.6 Å². The van der Waals surface area contributed by atoms with Crippen molar-refractivity contribution in [3.8, 4) is 5.75 Å². The van der Waals surface area contributed by atoms with Crippen LogP contribution in [0, 0.1) is 11.6 Å². The zero-order chi connectivity index (χ0) is 19.1. The molecule has 0 unspecified atom stereocenters. The Labute approximate surface area is 150 Å². The van der Waals surface area contributed by atoms with Gasteiger partial charge in [0.25, 0.3) is 0 Å². The Hall–Kier alpha value is -2.04. The fourth-order valence-electron chi connectivity index (χ4n) is 2.61. The summed E-state index contributed by atoms with van der Waals surface area (Å²) in [5, 5.41) is -0.986. The van der Waals surface area contributed by atoms with Crippen LogP contribution in [0.15, 0.2) is 52.3 Å². The van der Waals surface area contributed by atoms with Gasteiger partial charge in [0.15, 0.2) is 14.7 Å². The van der Waals surface area contributed by atoms with Crippen LogP contribution >= 0.6 is 0 Å². The fourth-order valence-corrected chi connectivity index (χ4v) is 6.09. The highest BCUT2D eigenvalue weighted by Gasteiger charge is 2.45. The number of rotatable bonds is 5. The van der Waals surface area contributed by atoms with E-state index in [4.69, 9.17) is 4.74 Å². The van der Waals surface area contributed by atoms with E-state index >= 15 is 0 Å². The first-order valence-electron chi connectivity index (χ1n) is 7.50. The highest BCUT2D eigenvalue weighted by Crippen LogP contribution is 2.31. The molecule has 1 heterocycles. The quantitative estimate of drug-likeness (QED) is 0.761. The molecule has 0 aromatic heterocycles. The Morgan fingerprint density at radius 1 is 0.962 bits per heavy atom.